The minimum absolute atomic E-state index is 0.545. The Kier molecular flexibility index (Phi) is 8.02. The van der Waals surface area contributed by atoms with Gasteiger partial charge in [0.25, 0.3) is 0 Å². The van der Waals surface area contributed by atoms with E-state index >= 15 is 0 Å². The first-order valence-corrected chi connectivity index (χ1v) is 10.00. The van der Waals surface area contributed by atoms with Gasteiger partial charge in [0.1, 0.15) is 0 Å². The predicted molar refractivity (Wildman–Crippen MR) is 105 cm³/mol. The first kappa shape index (κ1) is 19.2. The van der Waals surface area contributed by atoms with E-state index in [1.165, 1.54) is 5.56 Å². The van der Waals surface area contributed by atoms with Crippen LogP contribution in [0.1, 0.15) is 26.3 Å². The molecular weight excluding hydrogens is 318 g/mol. The molecule has 0 aromatic carbocycles. The number of piperazine rings is 1. The highest BCUT2D eigenvalue weighted by Crippen LogP contribution is 2.13. The van der Waals surface area contributed by atoms with Gasteiger partial charge >= 0.3 is 0 Å². The van der Waals surface area contributed by atoms with Gasteiger partial charge in [-0.05, 0) is 42.3 Å². The van der Waals surface area contributed by atoms with E-state index in [1.54, 1.807) is 11.3 Å². The summed E-state index contributed by atoms with van der Waals surface area (Å²) in [7, 11) is 2.21. The van der Waals surface area contributed by atoms with E-state index < -0.39 is 0 Å². The number of nitrogens with one attached hydrogen (secondary N) is 2. The largest absolute Gasteiger partial charge is 0.357 e. The molecule has 1 atom stereocenters. The van der Waals surface area contributed by atoms with Crippen LogP contribution in [0.5, 0.6) is 0 Å². The lowest BCUT2D eigenvalue weighted by Gasteiger charge is -2.40. The number of guanidine groups is 1. The molecule has 1 aliphatic heterocycles. The van der Waals surface area contributed by atoms with Crippen LogP contribution in [0.15, 0.2) is 21.8 Å². The van der Waals surface area contributed by atoms with E-state index in [9.17, 15) is 0 Å². The monoisotopic (exact) mass is 351 g/mol. The molecule has 0 radical (unpaired) electrons. The van der Waals surface area contributed by atoms with E-state index in [4.69, 9.17) is 4.99 Å². The lowest BCUT2D eigenvalue weighted by molar-refractivity contribution is 0.0900. The molecule has 24 heavy (non-hydrogen) atoms. The molecule has 5 nitrogen and oxygen atoms in total. The minimum Gasteiger partial charge on any atom is -0.357 e. The second-order valence-electron chi connectivity index (χ2n) is 6.86. The third-order valence-corrected chi connectivity index (χ3v) is 5.33. The van der Waals surface area contributed by atoms with Gasteiger partial charge in [0.2, 0.25) is 0 Å². The molecule has 0 bridgehead atoms. The summed E-state index contributed by atoms with van der Waals surface area (Å²) in [6, 6.07) is 2.68. The van der Waals surface area contributed by atoms with Crippen LogP contribution >= 0.6 is 11.3 Å². The van der Waals surface area contributed by atoms with Crippen molar-refractivity contribution in [3.8, 4) is 0 Å². The van der Waals surface area contributed by atoms with Crippen molar-refractivity contribution >= 4 is 17.3 Å². The molecule has 0 spiro atoms. The Morgan fingerprint density at radius 1 is 1.25 bits per heavy atom. The van der Waals surface area contributed by atoms with Crippen molar-refractivity contribution < 1.29 is 0 Å². The number of likely N-dealkylation sites (N-methyl/N-ethyl adjacent to an activating group) is 1. The zero-order valence-electron chi connectivity index (χ0n) is 15.6. The molecule has 136 valence electrons. The molecule has 0 saturated carbocycles. The highest BCUT2D eigenvalue weighted by Gasteiger charge is 2.24. The molecule has 1 aliphatic rings. The maximum atomic E-state index is 4.72. The van der Waals surface area contributed by atoms with E-state index in [-0.39, 0.29) is 0 Å². The molecule has 1 aromatic rings. The Morgan fingerprint density at radius 2 is 2.00 bits per heavy atom. The predicted octanol–water partition coefficient (Wildman–Crippen LogP) is 2.08. The maximum absolute atomic E-state index is 4.72. The number of rotatable bonds is 7. The van der Waals surface area contributed by atoms with Gasteiger partial charge in [0, 0.05) is 45.3 Å². The number of hydrogen-bond acceptors (Lipinski definition) is 4. The molecule has 0 amide bonds. The smallest absolute Gasteiger partial charge is 0.191 e. The molecule has 2 rings (SSSR count). The second kappa shape index (κ2) is 10.0. The fourth-order valence-corrected chi connectivity index (χ4v) is 3.70. The van der Waals surface area contributed by atoms with Crippen LogP contribution in [0, 0.1) is 5.92 Å². The van der Waals surface area contributed by atoms with Crippen molar-refractivity contribution in [1.29, 1.82) is 0 Å². The second-order valence-corrected chi connectivity index (χ2v) is 7.64. The zero-order chi connectivity index (χ0) is 17.4. The normalized spacial score (nSPS) is 18.8. The van der Waals surface area contributed by atoms with E-state index in [0.717, 1.165) is 51.8 Å². The SMILES string of the molecule is CCNC(=NCc1ccsc1)NCC(C(C)C)N1CCN(C)CC1. The number of hydrogen-bond donors (Lipinski definition) is 2. The summed E-state index contributed by atoms with van der Waals surface area (Å²) in [5.41, 5.74) is 1.27. The fraction of sp³-hybridized carbons (Fsp3) is 0.722. The number of thiophene rings is 1. The molecule has 2 N–H and O–H groups in total. The quantitative estimate of drug-likeness (QED) is 0.583. The highest BCUT2D eigenvalue weighted by molar-refractivity contribution is 7.07. The fourth-order valence-electron chi connectivity index (χ4n) is 3.04. The number of aliphatic imine (C=N–C) groups is 1. The standard InChI is InChI=1S/C18H33N5S/c1-5-19-18(20-12-16-6-11-24-14-16)21-13-17(15(2)3)23-9-7-22(4)8-10-23/h6,11,14-15,17H,5,7-10,12-13H2,1-4H3,(H2,19,20,21). The van der Waals surface area contributed by atoms with Crippen molar-refractivity contribution in [2.24, 2.45) is 10.9 Å². The molecule has 1 fully saturated rings. The lowest BCUT2D eigenvalue weighted by Crippen LogP contribution is -2.55. The topological polar surface area (TPSA) is 42.9 Å². The molecule has 2 heterocycles. The van der Waals surface area contributed by atoms with Crippen molar-refractivity contribution in [2.45, 2.75) is 33.4 Å². The molecule has 1 aromatic heterocycles. The molecule has 1 saturated heterocycles. The summed E-state index contributed by atoms with van der Waals surface area (Å²) in [6.45, 7) is 14.0. The van der Waals surface area contributed by atoms with Gasteiger partial charge in [-0.2, -0.15) is 11.3 Å². The highest BCUT2D eigenvalue weighted by atomic mass is 32.1. The average molecular weight is 352 g/mol. The summed E-state index contributed by atoms with van der Waals surface area (Å²) >= 11 is 1.72. The number of nitrogens with zero attached hydrogens (tertiary/aromatic N) is 3. The van der Waals surface area contributed by atoms with Crippen LogP contribution in [0.25, 0.3) is 0 Å². The Bertz CT molecular complexity index is 478. The Balaban J connectivity index is 1.90. The molecular formula is C18H33N5S. The van der Waals surface area contributed by atoms with Gasteiger partial charge in [-0.15, -0.1) is 0 Å². The summed E-state index contributed by atoms with van der Waals surface area (Å²) in [5.74, 6) is 1.55. The van der Waals surface area contributed by atoms with Gasteiger partial charge in [-0.3, -0.25) is 4.90 Å². The Labute approximate surface area is 151 Å². The van der Waals surface area contributed by atoms with Crippen molar-refractivity contribution in [3.05, 3.63) is 22.4 Å². The minimum atomic E-state index is 0.545. The van der Waals surface area contributed by atoms with Gasteiger partial charge in [-0.25, -0.2) is 4.99 Å². The van der Waals surface area contributed by atoms with Crippen LogP contribution in [0.4, 0.5) is 0 Å². The van der Waals surface area contributed by atoms with Gasteiger partial charge < -0.3 is 15.5 Å². The molecule has 0 aliphatic carbocycles. The summed E-state index contributed by atoms with van der Waals surface area (Å²) in [6.07, 6.45) is 0. The van der Waals surface area contributed by atoms with Gasteiger partial charge in [0.15, 0.2) is 5.96 Å². The van der Waals surface area contributed by atoms with Crippen LogP contribution in [0.2, 0.25) is 0 Å². The van der Waals surface area contributed by atoms with Gasteiger partial charge in [-0.1, -0.05) is 13.8 Å². The van der Waals surface area contributed by atoms with Crippen LogP contribution in [-0.4, -0.2) is 68.1 Å². The summed E-state index contributed by atoms with van der Waals surface area (Å²) in [5, 5.41) is 11.2. The lowest BCUT2D eigenvalue weighted by atomic mass is 10.0. The Hall–Kier alpha value is -1.11. The first-order valence-electron chi connectivity index (χ1n) is 9.06. The van der Waals surface area contributed by atoms with Crippen LogP contribution < -0.4 is 10.6 Å². The third-order valence-electron chi connectivity index (χ3n) is 4.60. The van der Waals surface area contributed by atoms with Crippen molar-refractivity contribution in [3.63, 3.8) is 0 Å². The zero-order valence-corrected chi connectivity index (χ0v) is 16.4. The average Bonchev–Trinajstić information content (AvgIpc) is 3.07. The van der Waals surface area contributed by atoms with E-state index in [0.29, 0.717) is 12.0 Å². The van der Waals surface area contributed by atoms with E-state index in [1.807, 2.05) is 0 Å². The van der Waals surface area contributed by atoms with Crippen molar-refractivity contribution in [2.75, 3.05) is 46.3 Å². The van der Waals surface area contributed by atoms with Crippen LogP contribution in [0.3, 0.4) is 0 Å². The first-order chi connectivity index (χ1) is 11.6. The van der Waals surface area contributed by atoms with Crippen LogP contribution in [-0.2, 0) is 6.54 Å². The maximum Gasteiger partial charge on any atom is 0.191 e. The Morgan fingerprint density at radius 3 is 2.58 bits per heavy atom. The van der Waals surface area contributed by atoms with Crippen molar-refractivity contribution in [1.82, 2.24) is 20.4 Å². The molecule has 6 heteroatoms. The summed E-state index contributed by atoms with van der Waals surface area (Å²) < 4.78 is 0. The van der Waals surface area contributed by atoms with Gasteiger partial charge in [0.05, 0.1) is 6.54 Å². The van der Waals surface area contributed by atoms with E-state index in [2.05, 4.69) is 65.1 Å². The molecule has 1 unspecified atom stereocenters. The summed E-state index contributed by atoms with van der Waals surface area (Å²) in [4.78, 5) is 9.75. The third kappa shape index (κ3) is 6.07.